The summed E-state index contributed by atoms with van der Waals surface area (Å²) in [6.07, 6.45) is 4.95. The molecule has 2 aliphatic heterocycles. The molecule has 8 nitrogen and oxygen atoms in total. The zero-order chi connectivity index (χ0) is 22.3. The molecule has 0 saturated carbocycles. The van der Waals surface area contributed by atoms with Crippen molar-refractivity contribution in [3.63, 3.8) is 0 Å². The number of rotatable bonds is 7. The molecule has 8 heteroatoms. The zero-order valence-electron chi connectivity index (χ0n) is 18.6. The molecule has 4 rings (SSSR count). The summed E-state index contributed by atoms with van der Waals surface area (Å²) < 4.78 is 16.4. The van der Waals surface area contributed by atoms with Crippen LogP contribution in [0.3, 0.4) is 0 Å². The SMILES string of the molecule is COc1cccc(N2CCN(C(=O)COc3coc(CN4CCCCC4)cc3=O)CC2)c1. The van der Waals surface area contributed by atoms with Gasteiger partial charge < -0.3 is 23.7 Å². The molecule has 0 spiro atoms. The van der Waals surface area contributed by atoms with Gasteiger partial charge in [-0.2, -0.15) is 0 Å². The standard InChI is InChI=1S/C24H31N3O5/c1-30-20-7-5-6-19(14-20)26-10-12-27(13-11-26)24(29)18-32-23-17-31-21(15-22(23)28)16-25-8-3-2-4-9-25/h5-7,14-15,17H,2-4,8-13,16,18H2,1H3. The number of carbonyl (C=O) groups is 1. The molecule has 3 heterocycles. The summed E-state index contributed by atoms with van der Waals surface area (Å²) in [6, 6.07) is 9.38. The van der Waals surface area contributed by atoms with Crippen LogP contribution in [0.15, 0.2) is 45.8 Å². The average Bonchev–Trinajstić information content (AvgIpc) is 2.84. The minimum Gasteiger partial charge on any atom is -0.497 e. The molecular weight excluding hydrogens is 410 g/mol. The molecule has 0 unspecified atom stereocenters. The van der Waals surface area contributed by atoms with E-state index in [1.165, 1.54) is 31.6 Å². The van der Waals surface area contributed by atoms with E-state index in [9.17, 15) is 9.59 Å². The molecule has 0 atom stereocenters. The number of methoxy groups -OCH3 is 1. The van der Waals surface area contributed by atoms with Crippen molar-refractivity contribution in [1.29, 1.82) is 0 Å². The predicted octanol–water partition coefficient (Wildman–Crippen LogP) is 2.36. The number of carbonyl (C=O) groups excluding carboxylic acids is 1. The summed E-state index contributed by atoms with van der Waals surface area (Å²) in [6.45, 7) is 5.18. The van der Waals surface area contributed by atoms with Crippen molar-refractivity contribution in [3.8, 4) is 11.5 Å². The lowest BCUT2D eigenvalue weighted by Crippen LogP contribution is -2.50. The van der Waals surface area contributed by atoms with E-state index in [0.29, 0.717) is 25.4 Å². The highest BCUT2D eigenvalue weighted by atomic mass is 16.5. The maximum absolute atomic E-state index is 12.6. The smallest absolute Gasteiger partial charge is 0.260 e. The maximum Gasteiger partial charge on any atom is 0.260 e. The van der Waals surface area contributed by atoms with Gasteiger partial charge in [-0.15, -0.1) is 0 Å². The Morgan fingerprint density at radius 2 is 1.81 bits per heavy atom. The van der Waals surface area contributed by atoms with Crippen LogP contribution >= 0.6 is 0 Å². The summed E-state index contributed by atoms with van der Waals surface area (Å²) in [7, 11) is 1.65. The number of piperazine rings is 1. The monoisotopic (exact) mass is 441 g/mol. The first-order chi connectivity index (χ1) is 15.6. The van der Waals surface area contributed by atoms with Crippen LogP contribution in [-0.4, -0.2) is 68.7 Å². The molecule has 2 aromatic rings. The van der Waals surface area contributed by atoms with Gasteiger partial charge in [0.1, 0.15) is 17.8 Å². The van der Waals surface area contributed by atoms with Crippen molar-refractivity contribution in [3.05, 3.63) is 52.6 Å². The Balaban J connectivity index is 1.25. The number of hydrogen-bond donors (Lipinski definition) is 0. The molecule has 0 aliphatic carbocycles. The van der Waals surface area contributed by atoms with E-state index in [0.717, 1.165) is 37.6 Å². The van der Waals surface area contributed by atoms with Crippen molar-refractivity contribution in [2.24, 2.45) is 0 Å². The zero-order valence-corrected chi connectivity index (χ0v) is 18.6. The third-order valence-electron chi connectivity index (χ3n) is 6.08. The normalized spacial score (nSPS) is 17.3. The molecule has 1 aromatic carbocycles. The van der Waals surface area contributed by atoms with Gasteiger partial charge in [0.05, 0.1) is 13.7 Å². The van der Waals surface area contributed by atoms with E-state index < -0.39 is 0 Å². The largest absolute Gasteiger partial charge is 0.497 e. The van der Waals surface area contributed by atoms with Crippen LogP contribution in [-0.2, 0) is 11.3 Å². The van der Waals surface area contributed by atoms with Crippen molar-refractivity contribution in [2.45, 2.75) is 25.8 Å². The molecule has 2 saturated heterocycles. The first-order valence-corrected chi connectivity index (χ1v) is 11.3. The Labute approximate surface area is 188 Å². The van der Waals surface area contributed by atoms with Gasteiger partial charge in [0, 0.05) is 44.0 Å². The summed E-state index contributed by atoms with van der Waals surface area (Å²) in [4.78, 5) is 31.2. The third kappa shape index (κ3) is 5.62. The van der Waals surface area contributed by atoms with Gasteiger partial charge in [0.15, 0.2) is 6.61 Å². The highest BCUT2D eigenvalue weighted by Gasteiger charge is 2.22. The molecule has 0 radical (unpaired) electrons. The summed E-state index contributed by atoms with van der Waals surface area (Å²) in [5.41, 5.74) is 0.828. The van der Waals surface area contributed by atoms with E-state index in [4.69, 9.17) is 13.9 Å². The van der Waals surface area contributed by atoms with E-state index >= 15 is 0 Å². The van der Waals surface area contributed by atoms with Crippen LogP contribution in [0.2, 0.25) is 0 Å². The van der Waals surface area contributed by atoms with Gasteiger partial charge in [-0.1, -0.05) is 12.5 Å². The van der Waals surface area contributed by atoms with E-state index in [2.05, 4.69) is 9.80 Å². The first kappa shape index (κ1) is 22.2. The van der Waals surface area contributed by atoms with Gasteiger partial charge in [0.2, 0.25) is 11.2 Å². The van der Waals surface area contributed by atoms with Crippen molar-refractivity contribution < 1.29 is 18.7 Å². The minimum absolute atomic E-state index is 0.0794. The minimum atomic E-state index is -0.251. The predicted molar refractivity (Wildman–Crippen MR) is 121 cm³/mol. The fourth-order valence-electron chi connectivity index (χ4n) is 4.22. The van der Waals surface area contributed by atoms with Gasteiger partial charge in [-0.05, 0) is 38.1 Å². The number of ether oxygens (including phenoxy) is 2. The molecule has 0 bridgehead atoms. The van der Waals surface area contributed by atoms with Crippen LogP contribution in [0.1, 0.15) is 25.0 Å². The van der Waals surface area contributed by atoms with Gasteiger partial charge in [0.25, 0.3) is 5.91 Å². The van der Waals surface area contributed by atoms with Crippen LogP contribution in [0.4, 0.5) is 5.69 Å². The summed E-state index contributed by atoms with van der Waals surface area (Å²) in [5.74, 6) is 1.39. The van der Waals surface area contributed by atoms with Gasteiger partial charge in [-0.25, -0.2) is 0 Å². The second-order valence-corrected chi connectivity index (χ2v) is 8.27. The fraction of sp³-hybridized carbons (Fsp3) is 0.500. The number of nitrogens with zero attached hydrogens (tertiary/aromatic N) is 3. The van der Waals surface area contributed by atoms with Crippen LogP contribution < -0.4 is 19.8 Å². The molecular formula is C24H31N3O5. The second-order valence-electron chi connectivity index (χ2n) is 8.27. The summed E-state index contributed by atoms with van der Waals surface area (Å²) >= 11 is 0. The number of benzene rings is 1. The van der Waals surface area contributed by atoms with E-state index in [1.807, 2.05) is 24.3 Å². The van der Waals surface area contributed by atoms with Crippen LogP contribution in [0, 0.1) is 0 Å². The summed E-state index contributed by atoms with van der Waals surface area (Å²) in [5, 5.41) is 0. The quantitative estimate of drug-likeness (QED) is 0.653. The molecule has 32 heavy (non-hydrogen) atoms. The number of piperidine rings is 1. The van der Waals surface area contributed by atoms with Crippen LogP contribution in [0.5, 0.6) is 11.5 Å². The van der Waals surface area contributed by atoms with Gasteiger partial charge >= 0.3 is 0 Å². The molecule has 2 aliphatic rings. The number of amides is 1. The number of anilines is 1. The third-order valence-corrected chi connectivity index (χ3v) is 6.08. The Bertz CT molecular complexity index is 962. The molecule has 0 N–H and O–H groups in total. The van der Waals surface area contributed by atoms with Crippen LogP contribution in [0.25, 0.3) is 0 Å². The molecule has 172 valence electrons. The second kappa shape index (κ2) is 10.5. The topological polar surface area (TPSA) is 75.5 Å². The maximum atomic E-state index is 12.6. The van der Waals surface area contributed by atoms with E-state index in [1.54, 1.807) is 12.0 Å². The lowest BCUT2D eigenvalue weighted by molar-refractivity contribution is -0.133. The Morgan fingerprint density at radius 3 is 2.53 bits per heavy atom. The lowest BCUT2D eigenvalue weighted by atomic mass is 10.1. The Morgan fingerprint density at radius 1 is 1.03 bits per heavy atom. The molecule has 1 amide bonds. The molecule has 1 aromatic heterocycles. The lowest BCUT2D eigenvalue weighted by Gasteiger charge is -2.36. The number of likely N-dealkylation sites (tertiary alicyclic amines) is 1. The van der Waals surface area contributed by atoms with Crippen molar-refractivity contribution in [2.75, 3.05) is 57.9 Å². The van der Waals surface area contributed by atoms with Crippen molar-refractivity contribution in [1.82, 2.24) is 9.80 Å². The fourth-order valence-corrected chi connectivity index (χ4v) is 4.22. The molecule has 2 fully saturated rings. The van der Waals surface area contributed by atoms with E-state index in [-0.39, 0.29) is 23.7 Å². The Kier molecular flexibility index (Phi) is 7.32. The number of hydrogen-bond acceptors (Lipinski definition) is 7. The highest BCUT2D eigenvalue weighted by Crippen LogP contribution is 2.22. The van der Waals surface area contributed by atoms with Crippen molar-refractivity contribution >= 4 is 11.6 Å². The highest BCUT2D eigenvalue weighted by molar-refractivity contribution is 5.78. The van der Waals surface area contributed by atoms with Gasteiger partial charge in [-0.3, -0.25) is 14.5 Å². The Hall–Kier alpha value is -3.00. The first-order valence-electron chi connectivity index (χ1n) is 11.3. The average molecular weight is 442 g/mol.